The predicted octanol–water partition coefficient (Wildman–Crippen LogP) is 2.79. The van der Waals surface area contributed by atoms with Crippen molar-refractivity contribution in [2.24, 2.45) is 0 Å². The highest BCUT2D eigenvalue weighted by molar-refractivity contribution is 5.82. The molecule has 0 aliphatic carbocycles. The molecule has 2 aromatic rings. The molecule has 1 aromatic carbocycles. The third-order valence-electron chi connectivity index (χ3n) is 2.27. The lowest BCUT2D eigenvalue weighted by Gasteiger charge is -1.94. The van der Waals surface area contributed by atoms with Gasteiger partial charge >= 0.3 is 6.16 Å². The van der Waals surface area contributed by atoms with Gasteiger partial charge in [-0.1, -0.05) is 13.0 Å². The smallest absolute Gasteiger partial charge is 0.449 e. The Morgan fingerprint density at radius 3 is 2.93 bits per heavy atom. The Morgan fingerprint density at radius 2 is 2.27 bits per heavy atom. The minimum absolute atomic E-state index is 0.255. The minimum atomic E-state index is -1.31. The fourth-order valence-electron chi connectivity index (χ4n) is 1.52. The summed E-state index contributed by atoms with van der Waals surface area (Å²) in [4.78, 5) is 13.2. The fourth-order valence-corrected chi connectivity index (χ4v) is 1.52. The number of carboxylic acid groups (broad SMARTS) is 1. The molecule has 4 nitrogen and oxygen atoms in total. The first kappa shape index (κ1) is 9.58. The van der Waals surface area contributed by atoms with Crippen molar-refractivity contribution in [3.8, 4) is 5.88 Å². The number of rotatable bonds is 2. The highest BCUT2D eigenvalue weighted by atomic mass is 16.7. The lowest BCUT2D eigenvalue weighted by Crippen LogP contribution is -2.02. The van der Waals surface area contributed by atoms with Crippen LogP contribution in [0.15, 0.2) is 24.3 Å². The van der Waals surface area contributed by atoms with E-state index in [0.29, 0.717) is 0 Å². The lowest BCUT2D eigenvalue weighted by molar-refractivity contribution is 0.143. The van der Waals surface area contributed by atoms with E-state index in [4.69, 9.17) is 5.11 Å². The SMILES string of the molecule is CCc1ccc2[nH]c(OC(=O)O)cc2c1. The van der Waals surface area contributed by atoms with Crippen molar-refractivity contribution in [1.29, 1.82) is 0 Å². The molecule has 0 unspecified atom stereocenters. The van der Waals surface area contributed by atoms with Gasteiger partial charge in [0, 0.05) is 17.0 Å². The van der Waals surface area contributed by atoms with Gasteiger partial charge in [-0.3, -0.25) is 0 Å². The van der Waals surface area contributed by atoms with Crippen LogP contribution in [0.3, 0.4) is 0 Å². The van der Waals surface area contributed by atoms with E-state index in [1.165, 1.54) is 5.56 Å². The van der Waals surface area contributed by atoms with Crippen LogP contribution in [0.1, 0.15) is 12.5 Å². The van der Waals surface area contributed by atoms with Crippen LogP contribution in [0.5, 0.6) is 5.88 Å². The van der Waals surface area contributed by atoms with Crippen LogP contribution < -0.4 is 4.74 Å². The van der Waals surface area contributed by atoms with E-state index in [1.54, 1.807) is 6.07 Å². The molecule has 2 N–H and O–H groups in total. The van der Waals surface area contributed by atoms with Crippen LogP contribution in [0.25, 0.3) is 10.9 Å². The van der Waals surface area contributed by atoms with Gasteiger partial charge in [0.05, 0.1) is 0 Å². The number of fused-ring (bicyclic) bond motifs is 1. The van der Waals surface area contributed by atoms with Crippen molar-refractivity contribution in [2.45, 2.75) is 13.3 Å². The molecular formula is C11H11NO3. The zero-order valence-electron chi connectivity index (χ0n) is 8.28. The number of hydrogen-bond donors (Lipinski definition) is 2. The summed E-state index contributed by atoms with van der Waals surface area (Å²) in [5.74, 6) is 0.255. The van der Waals surface area contributed by atoms with Crippen LogP contribution in [-0.4, -0.2) is 16.2 Å². The molecule has 0 aliphatic rings. The number of benzene rings is 1. The Kier molecular flexibility index (Phi) is 2.33. The largest absolute Gasteiger partial charge is 0.512 e. The fraction of sp³-hybridized carbons (Fsp3) is 0.182. The first-order valence-corrected chi connectivity index (χ1v) is 4.71. The summed E-state index contributed by atoms with van der Waals surface area (Å²) in [6.07, 6.45) is -0.353. The molecule has 15 heavy (non-hydrogen) atoms. The molecule has 0 bridgehead atoms. The molecule has 0 fully saturated rings. The molecule has 0 amide bonds. The van der Waals surface area contributed by atoms with Crippen LogP contribution in [0.4, 0.5) is 4.79 Å². The molecule has 1 aromatic heterocycles. The zero-order valence-corrected chi connectivity index (χ0v) is 8.28. The van der Waals surface area contributed by atoms with E-state index in [0.717, 1.165) is 17.3 Å². The number of nitrogens with one attached hydrogen (secondary N) is 1. The Bertz CT molecular complexity index is 502. The third-order valence-corrected chi connectivity index (χ3v) is 2.27. The number of ether oxygens (including phenoxy) is 1. The molecule has 0 saturated carbocycles. The van der Waals surface area contributed by atoms with E-state index in [2.05, 4.69) is 16.6 Å². The molecule has 0 saturated heterocycles. The van der Waals surface area contributed by atoms with E-state index in [-0.39, 0.29) is 5.88 Å². The Hall–Kier alpha value is -1.97. The van der Waals surface area contributed by atoms with Crippen LogP contribution in [0, 0.1) is 0 Å². The lowest BCUT2D eigenvalue weighted by atomic mass is 10.1. The Labute approximate surface area is 86.5 Å². The van der Waals surface area contributed by atoms with Crippen LogP contribution in [-0.2, 0) is 6.42 Å². The van der Waals surface area contributed by atoms with Gasteiger partial charge in [0.2, 0.25) is 5.88 Å². The first-order valence-electron chi connectivity index (χ1n) is 4.71. The number of carbonyl (C=O) groups is 1. The second-order valence-electron chi connectivity index (χ2n) is 3.28. The van der Waals surface area contributed by atoms with E-state index in [1.807, 2.05) is 18.2 Å². The maximum atomic E-state index is 10.3. The predicted molar refractivity (Wildman–Crippen MR) is 56.3 cm³/mol. The normalized spacial score (nSPS) is 10.5. The minimum Gasteiger partial charge on any atom is -0.449 e. The summed E-state index contributed by atoms with van der Waals surface area (Å²) in [5, 5.41) is 9.41. The van der Waals surface area contributed by atoms with Crippen molar-refractivity contribution in [3.63, 3.8) is 0 Å². The van der Waals surface area contributed by atoms with Gasteiger partial charge in [0.1, 0.15) is 0 Å². The summed E-state index contributed by atoms with van der Waals surface area (Å²) in [6, 6.07) is 7.62. The molecule has 0 aliphatic heterocycles. The number of aromatic amines is 1. The zero-order chi connectivity index (χ0) is 10.8. The Morgan fingerprint density at radius 1 is 1.47 bits per heavy atom. The van der Waals surface area contributed by atoms with Gasteiger partial charge in [-0.25, -0.2) is 4.79 Å². The quantitative estimate of drug-likeness (QED) is 0.741. The molecule has 1 heterocycles. The number of aromatic nitrogens is 1. The number of hydrogen-bond acceptors (Lipinski definition) is 2. The second kappa shape index (κ2) is 3.65. The third kappa shape index (κ3) is 1.93. The second-order valence-corrected chi connectivity index (χ2v) is 3.28. The van der Waals surface area contributed by atoms with Gasteiger partial charge < -0.3 is 14.8 Å². The molecule has 78 valence electrons. The van der Waals surface area contributed by atoms with Crippen molar-refractivity contribution >= 4 is 17.1 Å². The average molecular weight is 205 g/mol. The van der Waals surface area contributed by atoms with Crippen LogP contribution in [0.2, 0.25) is 0 Å². The highest BCUT2D eigenvalue weighted by Gasteiger charge is 2.05. The van der Waals surface area contributed by atoms with E-state index >= 15 is 0 Å². The Balaban J connectivity index is 2.42. The molecular weight excluding hydrogens is 194 g/mol. The van der Waals surface area contributed by atoms with E-state index < -0.39 is 6.16 Å². The van der Waals surface area contributed by atoms with Gasteiger partial charge in [-0.05, 0) is 24.1 Å². The number of aryl methyl sites for hydroxylation is 1. The standard InChI is InChI=1S/C11H11NO3/c1-2-7-3-4-9-8(5-7)6-10(12-9)15-11(13)14/h3-6,12H,2H2,1H3,(H,13,14). The summed E-state index contributed by atoms with van der Waals surface area (Å²) in [5.41, 5.74) is 2.09. The van der Waals surface area contributed by atoms with Gasteiger partial charge in [0.15, 0.2) is 0 Å². The van der Waals surface area contributed by atoms with Crippen molar-refractivity contribution in [3.05, 3.63) is 29.8 Å². The van der Waals surface area contributed by atoms with Gasteiger partial charge in [0.25, 0.3) is 0 Å². The van der Waals surface area contributed by atoms with E-state index in [9.17, 15) is 4.79 Å². The first-order chi connectivity index (χ1) is 7.19. The van der Waals surface area contributed by atoms with Crippen molar-refractivity contribution in [2.75, 3.05) is 0 Å². The molecule has 2 rings (SSSR count). The summed E-state index contributed by atoms with van der Waals surface area (Å²) >= 11 is 0. The van der Waals surface area contributed by atoms with Crippen molar-refractivity contribution in [1.82, 2.24) is 4.98 Å². The molecule has 0 spiro atoms. The van der Waals surface area contributed by atoms with Crippen LogP contribution >= 0.6 is 0 Å². The molecule has 4 heteroatoms. The molecule has 0 atom stereocenters. The summed E-state index contributed by atoms with van der Waals surface area (Å²) < 4.78 is 4.53. The van der Waals surface area contributed by atoms with Gasteiger partial charge in [-0.2, -0.15) is 0 Å². The average Bonchev–Trinajstić information content (AvgIpc) is 2.57. The topological polar surface area (TPSA) is 62.3 Å². The van der Waals surface area contributed by atoms with Gasteiger partial charge in [-0.15, -0.1) is 0 Å². The maximum absolute atomic E-state index is 10.3. The highest BCUT2D eigenvalue weighted by Crippen LogP contribution is 2.21. The molecule has 0 radical (unpaired) electrons. The summed E-state index contributed by atoms with van der Waals surface area (Å²) in [6.45, 7) is 2.07. The summed E-state index contributed by atoms with van der Waals surface area (Å²) in [7, 11) is 0. The maximum Gasteiger partial charge on any atom is 0.512 e. The monoisotopic (exact) mass is 205 g/mol. The number of H-pyrrole nitrogens is 1. The van der Waals surface area contributed by atoms with Crippen molar-refractivity contribution < 1.29 is 14.6 Å².